The highest BCUT2D eigenvalue weighted by atomic mass is 79.9. The van der Waals surface area contributed by atoms with E-state index in [9.17, 15) is 18.4 Å². The Labute approximate surface area is 151 Å². The molecule has 0 fully saturated rings. The molecular formula is C16H15BrF2N4O2. The zero-order valence-electron chi connectivity index (χ0n) is 13.2. The number of likely N-dealkylation sites (N-methyl/N-ethyl adjacent to an activating group) is 1. The summed E-state index contributed by atoms with van der Waals surface area (Å²) in [5.41, 5.74) is 0.140. The second-order valence-electron chi connectivity index (χ2n) is 5.26. The number of anilines is 2. The first-order valence-corrected chi connectivity index (χ1v) is 7.97. The zero-order chi connectivity index (χ0) is 18.4. The number of nitrogens with one attached hydrogen (secondary N) is 2. The fourth-order valence-corrected chi connectivity index (χ4v) is 2.19. The van der Waals surface area contributed by atoms with E-state index in [0.717, 1.165) is 16.6 Å². The fraction of sp³-hybridized carbons (Fsp3) is 0.188. The predicted octanol–water partition coefficient (Wildman–Crippen LogP) is 2.63. The SMILES string of the molecule is CN(CC(=O)Nc1ccc(F)c(F)c1)CC(=O)Nc1ccc(Br)cn1. The first-order chi connectivity index (χ1) is 11.8. The lowest BCUT2D eigenvalue weighted by Gasteiger charge is -2.16. The highest BCUT2D eigenvalue weighted by molar-refractivity contribution is 9.10. The number of carbonyl (C=O) groups is 2. The van der Waals surface area contributed by atoms with Crippen molar-refractivity contribution in [2.45, 2.75) is 0 Å². The van der Waals surface area contributed by atoms with Crippen molar-refractivity contribution in [3.63, 3.8) is 0 Å². The van der Waals surface area contributed by atoms with Gasteiger partial charge in [0, 0.05) is 22.4 Å². The van der Waals surface area contributed by atoms with E-state index in [1.807, 2.05) is 0 Å². The van der Waals surface area contributed by atoms with Crippen LogP contribution in [0.2, 0.25) is 0 Å². The predicted molar refractivity (Wildman–Crippen MR) is 93.1 cm³/mol. The number of benzene rings is 1. The van der Waals surface area contributed by atoms with Crippen molar-refractivity contribution in [1.82, 2.24) is 9.88 Å². The molecule has 0 saturated heterocycles. The molecule has 0 aliphatic carbocycles. The van der Waals surface area contributed by atoms with Crippen molar-refractivity contribution in [3.05, 3.63) is 52.6 Å². The van der Waals surface area contributed by atoms with E-state index in [2.05, 4.69) is 31.5 Å². The third-order valence-electron chi connectivity index (χ3n) is 3.03. The van der Waals surface area contributed by atoms with Gasteiger partial charge in [0.15, 0.2) is 11.6 Å². The van der Waals surface area contributed by atoms with Crippen molar-refractivity contribution in [2.24, 2.45) is 0 Å². The molecule has 0 unspecified atom stereocenters. The van der Waals surface area contributed by atoms with Gasteiger partial charge < -0.3 is 10.6 Å². The first kappa shape index (κ1) is 18.9. The highest BCUT2D eigenvalue weighted by Crippen LogP contribution is 2.13. The molecule has 1 heterocycles. The Morgan fingerprint density at radius 1 is 1.08 bits per heavy atom. The van der Waals surface area contributed by atoms with Gasteiger partial charge in [-0.25, -0.2) is 13.8 Å². The van der Waals surface area contributed by atoms with Gasteiger partial charge >= 0.3 is 0 Å². The van der Waals surface area contributed by atoms with E-state index >= 15 is 0 Å². The highest BCUT2D eigenvalue weighted by Gasteiger charge is 2.12. The minimum Gasteiger partial charge on any atom is -0.325 e. The molecular weight excluding hydrogens is 398 g/mol. The molecule has 132 valence electrons. The second-order valence-corrected chi connectivity index (χ2v) is 6.17. The summed E-state index contributed by atoms with van der Waals surface area (Å²) in [5.74, 6) is -2.44. The van der Waals surface area contributed by atoms with Gasteiger partial charge in [0.1, 0.15) is 5.82 Å². The molecule has 0 aliphatic heterocycles. The molecule has 0 spiro atoms. The molecule has 1 aromatic carbocycles. The quantitative estimate of drug-likeness (QED) is 0.764. The van der Waals surface area contributed by atoms with Crippen LogP contribution in [0, 0.1) is 11.6 Å². The lowest BCUT2D eigenvalue weighted by Crippen LogP contribution is -2.36. The summed E-state index contributed by atoms with van der Waals surface area (Å²) in [5, 5.41) is 5.03. The zero-order valence-corrected chi connectivity index (χ0v) is 14.8. The van der Waals surface area contributed by atoms with Crippen LogP contribution in [0.3, 0.4) is 0 Å². The average molecular weight is 413 g/mol. The van der Waals surface area contributed by atoms with Gasteiger partial charge in [-0.1, -0.05) is 0 Å². The molecule has 0 aliphatic rings. The van der Waals surface area contributed by atoms with Crippen LogP contribution in [0.4, 0.5) is 20.3 Å². The topological polar surface area (TPSA) is 74.3 Å². The molecule has 2 aromatic rings. The molecule has 2 rings (SSSR count). The maximum absolute atomic E-state index is 13.1. The maximum atomic E-state index is 13.1. The van der Waals surface area contributed by atoms with Gasteiger partial charge in [-0.2, -0.15) is 0 Å². The van der Waals surface area contributed by atoms with Gasteiger partial charge in [-0.3, -0.25) is 14.5 Å². The number of pyridine rings is 1. The molecule has 0 atom stereocenters. The lowest BCUT2D eigenvalue weighted by atomic mass is 10.3. The van der Waals surface area contributed by atoms with Gasteiger partial charge in [0.2, 0.25) is 11.8 Å². The molecule has 0 bridgehead atoms. The lowest BCUT2D eigenvalue weighted by molar-refractivity contribution is -0.119. The molecule has 9 heteroatoms. The molecule has 0 saturated carbocycles. The second kappa shape index (κ2) is 8.63. The van der Waals surface area contributed by atoms with Crippen LogP contribution in [-0.4, -0.2) is 41.8 Å². The van der Waals surface area contributed by atoms with Crippen molar-refractivity contribution >= 4 is 39.2 Å². The monoisotopic (exact) mass is 412 g/mol. The van der Waals surface area contributed by atoms with Crippen LogP contribution in [-0.2, 0) is 9.59 Å². The Bertz CT molecular complexity index is 771. The van der Waals surface area contributed by atoms with Crippen LogP contribution in [0.15, 0.2) is 41.0 Å². The Hall–Kier alpha value is -2.39. The Morgan fingerprint density at radius 2 is 1.76 bits per heavy atom. The number of aromatic nitrogens is 1. The maximum Gasteiger partial charge on any atom is 0.239 e. The van der Waals surface area contributed by atoms with E-state index in [4.69, 9.17) is 0 Å². The van der Waals surface area contributed by atoms with Crippen molar-refractivity contribution < 1.29 is 18.4 Å². The number of hydrogen-bond donors (Lipinski definition) is 2. The number of rotatable bonds is 6. The van der Waals surface area contributed by atoms with Gasteiger partial charge in [0.05, 0.1) is 13.1 Å². The summed E-state index contributed by atoms with van der Waals surface area (Å²) in [7, 11) is 1.58. The number of nitrogens with zero attached hydrogens (tertiary/aromatic N) is 2. The minimum absolute atomic E-state index is 0.0387. The summed E-state index contributed by atoms with van der Waals surface area (Å²) < 4.78 is 26.7. The van der Waals surface area contributed by atoms with Crippen molar-refractivity contribution in [2.75, 3.05) is 30.8 Å². The third kappa shape index (κ3) is 6.20. The third-order valence-corrected chi connectivity index (χ3v) is 3.49. The summed E-state index contributed by atoms with van der Waals surface area (Å²) in [6, 6.07) is 6.44. The Balaban J connectivity index is 1.81. The van der Waals surface area contributed by atoms with Crippen LogP contribution in [0.5, 0.6) is 0 Å². The van der Waals surface area contributed by atoms with Crippen LogP contribution in [0.25, 0.3) is 0 Å². The van der Waals surface area contributed by atoms with Crippen molar-refractivity contribution in [1.29, 1.82) is 0 Å². The number of carbonyl (C=O) groups excluding carboxylic acids is 2. The number of halogens is 3. The average Bonchev–Trinajstić information content (AvgIpc) is 2.52. The van der Waals surface area contributed by atoms with Gasteiger partial charge in [0.25, 0.3) is 0 Å². The molecule has 1 aromatic heterocycles. The van der Waals surface area contributed by atoms with Crippen molar-refractivity contribution in [3.8, 4) is 0 Å². The number of hydrogen-bond acceptors (Lipinski definition) is 4. The minimum atomic E-state index is -1.05. The standard InChI is InChI=1S/C16H15BrF2N4O2/c1-23(9-16(25)22-14-5-2-10(17)7-20-14)8-15(24)21-11-3-4-12(18)13(19)6-11/h2-7H,8-9H2,1H3,(H,21,24)(H,20,22,25). The summed E-state index contributed by atoms with van der Waals surface area (Å²) in [6.07, 6.45) is 1.55. The summed E-state index contributed by atoms with van der Waals surface area (Å²) in [6.45, 7) is -0.136. The Morgan fingerprint density at radius 3 is 2.36 bits per heavy atom. The normalized spacial score (nSPS) is 10.6. The smallest absolute Gasteiger partial charge is 0.239 e. The van der Waals surface area contributed by atoms with E-state index in [-0.39, 0.29) is 24.7 Å². The van der Waals surface area contributed by atoms with Crippen LogP contribution >= 0.6 is 15.9 Å². The van der Waals surface area contributed by atoms with Crippen LogP contribution in [0.1, 0.15) is 0 Å². The van der Waals surface area contributed by atoms with Crippen LogP contribution < -0.4 is 10.6 Å². The van der Waals surface area contributed by atoms with Gasteiger partial charge in [-0.15, -0.1) is 0 Å². The number of amides is 2. The summed E-state index contributed by atoms with van der Waals surface area (Å²) in [4.78, 5) is 29.3. The van der Waals surface area contributed by atoms with E-state index in [1.54, 1.807) is 25.4 Å². The van der Waals surface area contributed by atoms with E-state index in [0.29, 0.717) is 5.82 Å². The molecule has 2 N–H and O–H groups in total. The Kier molecular flexibility index (Phi) is 6.54. The van der Waals surface area contributed by atoms with Gasteiger partial charge in [-0.05, 0) is 47.2 Å². The molecule has 0 radical (unpaired) electrons. The molecule has 2 amide bonds. The molecule has 25 heavy (non-hydrogen) atoms. The van der Waals surface area contributed by atoms with E-state index < -0.39 is 17.5 Å². The largest absolute Gasteiger partial charge is 0.325 e. The van der Waals surface area contributed by atoms with E-state index in [1.165, 1.54) is 11.0 Å². The first-order valence-electron chi connectivity index (χ1n) is 7.18. The molecule has 6 nitrogen and oxygen atoms in total. The summed E-state index contributed by atoms with van der Waals surface area (Å²) >= 11 is 3.24. The fourth-order valence-electron chi connectivity index (χ4n) is 1.95.